The molecule has 1 atom stereocenters. The molecule has 2 nitrogen and oxygen atoms in total. The summed E-state index contributed by atoms with van der Waals surface area (Å²) in [7, 11) is 0. The van der Waals surface area contributed by atoms with Gasteiger partial charge in [0.2, 0.25) is 0 Å². The Bertz CT molecular complexity index is 429. The second-order valence-corrected chi connectivity index (χ2v) is 4.74. The van der Waals surface area contributed by atoms with E-state index in [1.807, 2.05) is 44.2 Å². The van der Waals surface area contributed by atoms with Gasteiger partial charge < -0.3 is 0 Å². The molecule has 1 aromatic carbocycles. The van der Waals surface area contributed by atoms with Gasteiger partial charge >= 0.3 is 0 Å². The molecule has 2 heteroatoms. The van der Waals surface area contributed by atoms with E-state index in [1.54, 1.807) is 0 Å². The largest absolute Gasteiger partial charge is 0.299 e. The Balaban J connectivity index is 2.37. The summed E-state index contributed by atoms with van der Waals surface area (Å²) in [5, 5.41) is 0. The second-order valence-electron chi connectivity index (χ2n) is 4.74. The highest BCUT2D eigenvalue weighted by Gasteiger charge is 2.52. The van der Waals surface area contributed by atoms with Crippen molar-refractivity contribution in [1.82, 2.24) is 0 Å². The van der Waals surface area contributed by atoms with E-state index in [-0.39, 0.29) is 17.5 Å². The molecule has 17 heavy (non-hydrogen) atoms. The first-order valence-electron chi connectivity index (χ1n) is 6.28. The number of carbonyl (C=O) groups is 2. The van der Waals surface area contributed by atoms with E-state index in [4.69, 9.17) is 0 Å². The molecule has 1 aromatic rings. The Kier molecular flexibility index (Phi) is 3.14. The third-order valence-corrected chi connectivity index (χ3v) is 4.12. The minimum absolute atomic E-state index is 0.124. The van der Waals surface area contributed by atoms with E-state index < -0.39 is 5.41 Å². The van der Waals surface area contributed by atoms with Crippen molar-refractivity contribution < 1.29 is 9.59 Å². The minimum atomic E-state index is -0.708. The molecule has 1 saturated carbocycles. The Labute approximate surface area is 102 Å². The summed E-state index contributed by atoms with van der Waals surface area (Å²) in [4.78, 5) is 24.6. The first-order chi connectivity index (χ1) is 8.15. The van der Waals surface area contributed by atoms with E-state index in [0.29, 0.717) is 19.3 Å². The first-order valence-corrected chi connectivity index (χ1v) is 6.28. The van der Waals surface area contributed by atoms with E-state index in [2.05, 4.69) is 0 Å². The molecule has 0 heterocycles. The molecular weight excluding hydrogens is 212 g/mol. The lowest BCUT2D eigenvalue weighted by atomic mass is 9.77. The fourth-order valence-electron chi connectivity index (χ4n) is 2.89. The van der Waals surface area contributed by atoms with Gasteiger partial charge in [0.25, 0.3) is 0 Å². The van der Waals surface area contributed by atoms with Gasteiger partial charge in [-0.25, -0.2) is 0 Å². The summed E-state index contributed by atoms with van der Waals surface area (Å²) in [5.41, 5.74) is 0.273. The summed E-state index contributed by atoms with van der Waals surface area (Å²) < 4.78 is 0. The van der Waals surface area contributed by atoms with Crippen molar-refractivity contribution in [1.29, 1.82) is 0 Å². The molecule has 0 aliphatic heterocycles. The maximum Gasteiger partial charge on any atom is 0.154 e. The molecular formula is C15H18O2. The normalized spacial score (nSPS) is 23.1. The lowest BCUT2D eigenvalue weighted by molar-refractivity contribution is -0.135. The monoisotopic (exact) mass is 230 g/mol. The van der Waals surface area contributed by atoms with Crippen molar-refractivity contribution in [3.05, 3.63) is 35.9 Å². The molecule has 0 bridgehead atoms. The topological polar surface area (TPSA) is 34.1 Å². The van der Waals surface area contributed by atoms with Crippen molar-refractivity contribution in [2.75, 3.05) is 0 Å². The summed E-state index contributed by atoms with van der Waals surface area (Å²) in [6.45, 7) is 3.87. The molecule has 1 aliphatic rings. The summed E-state index contributed by atoms with van der Waals surface area (Å²) >= 11 is 0. The Morgan fingerprint density at radius 2 is 1.71 bits per heavy atom. The van der Waals surface area contributed by atoms with Gasteiger partial charge in [0, 0.05) is 6.42 Å². The standard InChI is InChI=1S/C15H18O2/c1-3-15(4-2)13(16)10-12(14(15)17)11-8-6-5-7-9-11/h5-9,12H,3-4,10H2,1-2H3/t12-/m1/s1. The summed E-state index contributed by atoms with van der Waals surface area (Å²) in [5.74, 6) is 0.0312. The van der Waals surface area contributed by atoms with Crippen LogP contribution in [-0.2, 0) is 9.59 Å². The number of ketones is 2. The average molecular weight is 230 g/mol. The van der Waals surface area contributed by atoms with Crippen LogP contribution in [0.25, 0.3) is 0 Å². The number of hydrogen-bond acceptors (Lipinski definition) is 2. The highest BCUT2D eigenvalue weighted by atomic mass is 16.2. The van der Waals surface area contributed by atoms with E-state index in [9.17, 15) is 9.59 Å². The van der Waals surface area contributed by atoms with Gasteiger partial charge in [0.1, 0.15) is 5.78 Å². The molecule has 0 amide bonds. The third kappa shape index (κ3) is 1.72. The number of benzene rings is 1. The van der Waals surface area contributed by atoms with E-state index in [0.717, 1.165) is 5.56 Å². The van der Waals surface area contributed by atoms with Crippen LogP contribution in [0.15, 0.2) is 30.3 Å². The molecule has 0 saturated heterocycles. The molecule has 1 fully saturated rings. The molecule has 0 N–H and O–H groups in total. The maximum atomic E-state index is 12.5. The predicted molar refractivity (Wildman–Crippen MR) is 66.8 cm³/mol. The second kappa shape index (κ2) is 4.44. The Morgan fingerprint density at radius 3 is 2.18 bits per heavy atom. The third-order valence-electron chi connectivity index (χ3n) is 4.12. The molecule has 0 aromatic heterocycles. The van der Waals surface area contributed by atoms with Crippen LogP contribution < -0.4 is 0 Å². The van der Waals surface area contributed by atoms with Crippen LogP contribution in [0.3, 0.4) is 0 Å². The Morgan fingerprint density at radius 1 is 1.12 bits per heavy atom. The van der Waals surface area contributed by atoms with Crippen molar-refractivity contribution >= 4 is 11.6 Å². The molecule has 0 radical (unpaired) electrons. The van der Waals surface area contributed by atoms with Crippen LogP contribution in [0.2, 0.25) is 0 Å². The van der Waals surface area contributed by atoms with Gasteiger partial charge in [0.05, 0.1) is 11.3 Å². The zero-order valence-corrected chi connectivity index (χ0v) is 10.4. The van der Waals surface area contributed by atoms with E-state index in [1.165, 1.54) is 0 Å². The Hall–Kier alpha value is -1.44. The predicted octanol–water partition coefficient (Wildman–Crippen LogP) is 3.12. The maximum absolute atomic E-state index is 12.5. The zero-order chi connectivity index (χ0) is 12.5. The molecule has 1 aliphatic carbocycles. The lowest BCUT2D eigenvalue weighted by Crippen LogP contribution is -2.32. The fraction of sp³-hybridized carbons (Fsp3) is 0.467. The summed E-state index contributed by atoms with van der Waals surface area (Å²) in [6, 6.07) is 9.65. The van der Waals surface area contributed by atoms with Gasteiger partial charge in [-0.1, -0.05) is 44.2 Å². The van der Waals surface area contributed by atoms with Crippen molar-refractivity contribution in [2.45, 2.75) is 39.0 Å². The number of rotatable bonds is 3. The molecule has 0 spiro atoms. The average Bonchev–Trinajstić information content (AvgIpc) is 2.63. The number of carbonyl (C=O) groups excluding carboxylic acids is 2. The highest BCUT2D eigenvalue weighted by molar-refractivity contribution is 6.16. The van der Waals surface area contributed by atoms with E-state index >= 15 is 0 Å². The summed E-state index contributed by atoms with van der Waals surface area (Å²) in [6.07, 6.45) is 1.64. The molecule has 0 unspecified atom stereocenters. The van der Waals surface area contributed by atoms with Gasteiger partial charge in [-0.15, -0.1) is 0 Å². The lowest BCUT2D eigenvalue weighted by Gasteiger charge is -2.22. The van der Waals surface area contributed by atoms with Gasteiger partial charge in [0.15, 0.2) is 5.78 Å². The van der Waals surface area contributed by atoms with Crippen LogP contribution >= 0.6 is 0 Å². The fourth-order valence-corrected chi connectivity index (χ4v) is 2.89. The van der Waals surface area contributed by atoms with Crippen molar-refractivity contribution in [3.63, 3.8) is 0 Å². The van der Waals surface area contributed by atoms with Gasteiger partial charge in [-0.2, -0.15) is 0 Å². The SMILES string of the molecule is CCC1(CC)C(=O)C[C@H](c2ccccc2)C1=O. The molecule has 2 rings (SSSR count). The van der Waals surface area contributed by atoms with Gasteiger partial charge in [-0.05, 0) is 18.4 Å². The number of hydrogen-bond donors (Lipinski definition) is 0. The van der Waals surface area contributed by atoms with Crippen LogP contribution in [0, 0.1) is 5.41 Å². The van der Waals surface area contributed by atoms with Crippen molar-refractivity contribution in [2.24, 2.45) is 5.41 Å². The first kappa shape index (κ1) is 12.0. The van der Waals surface area contributed by atoms with Crippen LogP contribution in [-0.4, -0.2) is 11.6 Å². The smallest absolute Gasteiger partial charge is 0.154 e. The van der Waals surface area contributed by atoms with Crippen molar-refractivity contribution in [3.8, 4) is 0 Å². The molecule has 90 valence electrons. The minimum Gasteiger partial charge on any atom is -0.299 e. The van der Waals surface area contributed by atoms with Gasteiger partial charge in [-0.3, -0.25) is 9.59 Å². The zero-order valence-electron chi connectivity index (χ0n) is 10.4. The number of Topliss-reactive ketones (excluding diaryl/α,β-unsaturated/α-hetero) is 2. The van der Waals surface area contributed by atoms with Crippen LogP contribution in [0.5, 0.6) is 0 Å². The van der Waals surface area contributed by atoms with Crippen LogP contribution in [0.4, 0.5) is 0 Å². The van der Waals surface area contributed by atoms with Crippen LogP contribution in [0.1, 0.15) is 44.6 Å². The quantitative estimate of drug-likeness (QED) is 0.748. The highest BCUT2D eigenvalue weighted by Crippen LogP contribution is 2.44.